The first kappa shape index (κ1) is 21.9. The van der Waals surface area contributed by atoms with Gasteiger partial charge in [-0.3, -0.25) is 0 Å². The fraction of sp³-hybridized carbons (Fsp3) is 0.296. The predicted octanol–water partition coefficient (Wildman–Crippen LogP) is 5.36. The summed E-state index contributed by atoms with van der Waals surface area (Å²) in [5.41, 5.74) is 4.49. The van der Waals surface area contributed by atoms with Crippen molar-refractivity contribution in [3.05, 3.63) is 76.9 Å². The number of hydrogen-bond acceptors (Lipinski definition) is 7. The van der Waals surface area contributed by atoms with E-state index in [4.69, 9.17) is 24.0 Å². The molecule has 0 bridgehead atoms. The van der Waals surface area contributed by atoms with Crippen molar-refractivity contribution in [3.8, 4) is 28.7 Å². The summed E-state index contributed by atoms with van der Waals surface area (Å²) >= 11 is 0. The highest BCUT2D eigenvalue weighted by molar-refractivity contribution is 6.04. The van der Waals surface area contributed by atoms with E-state index in [1.807, 2.05) is 67.4 Å². The van der Waals surface area contributed by atoms with Crippen LogP contribution in [0.2, 0.25) is 0 Å². The highest BCUT2D eigenvalue weighted by atomic mass is 16.5. The van der Waals surface area contributed by atoms with Crippen molar-refractivity contribution in [1.82, 2.24) is 5.01 Å². The topological polar surface area (TPSA) is 72.8 Å². The number of aromatic hydroxyl groups is 1. The van der Waals surface area contributed by atoms with E-state index < -0.39 is 6.23 Å². The number of ether oxygens (including phenoxy) is 4. The summed E-state index contributed by atoms with van der Waals surface area (Å²) in [5.74, 6) is 2.90. The second-order valence-corrected chi connectivity index (χ2v) is 8.36. The molecule has 1 N–H and O–H groups in total. The average Bonchev–Trinajstić information content (AvgIpc) is 3.30. The molecular formula is C27H28N2O5. The molecule has 2 aliphatic heterocycles. The lowest BCUT2D eigenvalue weighted by Gasteiger charge is -2.38. The molecule has 2 atom stereocenters. The largest absolute Gasteiger partial charge is 0.507 e. The Hall–Kier alpha value is -3.87. The van der Waals surface area contributed by atoms with Gasteiger partial charge >= 0.3 is 0 Å². The normalized spacial score (nSPS) is 18.5. The zero-order valence-electron chi connectivity index (χ0n) is 19.7. The summed E-state index contributed by atoms with van der Waals surface area (Å²) in [7, 11) is 3.26. The van der Waals surface area contributed by atoms with E-state index in [2.05, 4.69) is 0 Å². The summed E-state index contributed by atoms with van der Waals surface area (Å²) in [6, 6.07) is 17.2. The predicted molar refractivity (Wildman–Crippen MR) is 129 cm³/mol. The van der Waals surface area contributed by atoms with E-state index in [1.165, 1.54) is 0 Å². The van der Waals surface area contributed by atoms with Crippen molar-refractivity contribution >= 4 is 5.71 Å². The number of hydrogen-bond donors (Lipinski definition) is 1. The van der Waals surface area contributed by atoms with Crippen molar-refractivity contribution in [2.24, 2.45) is 5.10 Å². The van der Waals surface area contributed by atoms with Crippen molar-refractivity contribution in [1.29, 1.82) is 0 Å². The first-order valence-corrected chi connectivity index (χ1v) is 11.3. The third-order valence-corrected chi connectivity index (χ3v) is 6.24. The molecule has 0 aromatic heterocycles. The number of phenolic OH excluding ortho intramolecular Hbond substituents is 1. The Bertz CT molecular complexity index is 1260. The lowest BCUT2D eigenvalue weighted by Crippen LogP contribution is -2.33. The molecule has 0 fully saturated rings. The molecule has 0 amide bonds. The molecule has 0 unspecified atom stereocenters. The van der Waals surface area contributed by atoms with Crippen LogP contribution in [-0.4, -0.2) is 36.7 Å². The highest BCUT2D eigenvalue weighted by Crippen LogP contribution is 2.51. The number of phenols is 1. The highest BCUT2D eigenvalue weighted by Gasteiger charge is 2.42. The summed E-state index contributed by atoms with van der Waals surface area (Å²) < 4.78 is 23.4. The van der Waals surface area contributed by atoms with Gasteiger partial charge in [0.25, 0.3) is 0 Å². The van der Waals surface area contributed by atoms with Crippen LogP contribution in [0.15, 0.2) is 59.7 Å². The minimum atomic E-state index is -0.511. The van der Waals surface area contributed by atoms with E-state index in [1.54, 1.807) is 20.3 Å². The second-order valence-electron chi connectivity index (χ2n) is 8.36. The van der Waals surface area contributed by atoms with E-state index in [9.17, 15) is 5.11 Å². The maximum Gasteiger partial charge on any atom is 0.214 e. The van der Waals surface area contributed by atoms with E-state index >= 15 is 0 Å². The maximum atomic E-state index is 10.6. The van der Waals surface area contributed by atoms with Crippen LogP contribution in [0.5, 0.6) is 28.7 Å². The smallest absolute Gasteiger partial charge is 0.214 e. The Morgan fingerprint density at radius 1 is 1.03 bits per heavy atom. The molecule has 2 heterocycles. The van der Waals surface area contributed by atoms with E-state index in [0.717, 1.165) is 28.0 Å². The van der Waals surface area contributed by atoms with Crippen molar-refractivity contribution in [2.75, 3.05) is 20.8 Å². The van der Waals surface area contributed by atoms with Gasteiger partial charge in [0.1, 0.15) is 5.75 Å². The molecule has 2 aliphatic rings. The van der Waals surface area contributed by atoms with Crippen LogP contribution < -0.4 is 18.9 Å². The molecule has 0 saturated heterocycles. The Morgan fingerprint density at radius 2 is 1.85 bits per heavy atom. The molecule has 3 aromatic rings. The fourth-order valence-electron chi connectivity index (χ4n) is 4.62. The first-order chi connectivity index (χ1) is 16.5. The monoisotopic (exact) mass is 460 g/mol. The fourth-order valence-corrected chi connectivity index (χ4v) is 4.62. The minimum Gasteiger partial charge on any atom is -0.507 e. The van der Waals surface area contributed by atoms with Crippen LogP contribution in [0, 0.1) is 6.92 Å². The third-order valence-electron chi connectivity index (χ3n) is 6.24. The summed E-state index contributed by atoms with van der Waals surface area (Å²) in [6.45, 7) is 4.48. The lowest BCUT2D eigenvalue weighted by atomic mass is 9.94. The average molecular weight is 461 g/mol. The molecule has 0 saturated carbocycles. The SMILES string of the molecule is CCOc1ccc([C@H]2Oc3c(OC)cccc3[C@H]3CC(c4cc(C)ccc4O)=NN32)cc1OC. The quantitative estimate of drug-likeness (QED) is 0.534. The number of methoxy groups -OCH3 is 2. The third kappa shape index (κ3) is 3.67. The van der Waals surface area contributed by atoms with E-state index in [0.29, 0.717) is 36.0 Å². The van der Waals surface area contributed by atoms with Crippen LogP contribution in [-0.2, 0) is 0 Å². The number of rotatable bonds is 6. The zero-order valence-corrected chi connectivity index (χ0v) is 19.7. The number of fused-ring (bicyclic) bond motifs is 3. The van der Waals surface area contributed by atoms with Crippen molar-refractivity contribution < 1.29 is 24.1 Å². The maximum absolute atomic E-state index is 10.6. The molecule has 0 aliphatic carbocycles. The van der Waals surface area contributed by atoms with Crippen molar-refractivity contribution in [2.45, 2.75) is 32.5 Å². The molecule has 3 aromatic carbocycles. The molecule has 7 heteroatoms. The standard InChI is InChI=1S/C27H28N2O5/c1-5-33-23-12-10-17(14-25(23)32-4)27-29-21(18-7-6-8-24(31-3)26(18)34-27)15-20(28-29)19-13-16(2)9-11-22(19)30/h6-14,21,27,30H,5,15H2,1-4H3/t21-,27-/m1/s1. The zero-order chi connectivity index (χ0) is 23.8. The van der Waals surface area contributed by atoms with Gasteiger partial charge in [0.15, 0.2) is 23.0 Å². The Morgan fingerprint density at radius 3 is 2.62 bits per heavy atom. The molecule has 0 spiro atoms. The molecule has 5 rings (SSSR count). The van der Waals surface area contributed by atoms with Gasteiger partial charge in [-0.25, -0.2) is 5.01 Å². The summed E-state index contributed by atoms with van der Waals surface area (Å²) in [4.78, 5) is 0. The van der Waals surface area contributed by atoms with Gasteiger partial charge in [-0.15, -0.1) is 0 Å². The van der Waals surface area contributed by atoms with Crippen LogP contribution in [0.3, 0.4) is 0 Å². The summed E-state index contributed by atoms with van der Waals surface area (Å²) in [6.07, 6.45) is 0.119. The van der Waals surface area contributed by atoms with Crippen LogP contribution >= 0.6 is 0 Å². The molecule has 0 radical (unpaired) electrons. The van der Waals surface area contributed by atoms with Gasteiger partial charge in [-0.1, -0.05) is 23.8 Å². The number of hydrazone groups is 1. The van der Waals surface area contributed by atoms with Crippen molar-refractivity contribution in [3.63, 3.8) is 0 Å². The van der Waals surface area contributed by atoms with Crippen LogP contribution in [0.4, 0.5) is 0 Å². The Labute approximate surface area is 199 Å². The van der Waals surface area contributed by atoms with Gasteiger partial charge in [0.2, 0.25) is 6.23 Å². The van der Waals surface area contributed by atoms with Gasteiger partial charge in [-0.05, 0) is 50.2 Å². The second kappa shape index (κ2) is 8.82. The molecular weight excluding hydrogens is 432 g/mol. The molecule has 34 heavy (non-hydrogen) atoms. The number of nitrogens with zero attached hydrogens (tertiary/aromatic N) is 2. The van der Waals surface area contributed by atoms with E-state index in [-0.39, 0.29) is 11.8 Å². The Balaban J connectivity index is 1.62. The van der Waals surface area contributed by atoms with Gasteiger partial charge in [0, 0.05) is 23.1 Å². The van der Waals surface area contributed by atoms with Crippen LogP contribution in [0.1, 0.15) is 47.9 Å². The van der Waals surface area contributed by atoms with Crippen LogP contribution in [0.25, 0.3) is 0 Å². The first-order valence-electron chi connectivity index (χ1n) is 11.3. The molecule has 176 valence electrons. The number of aryl methyl sites for hydroxylation is 1. The van der Waals surface area contributed by atoms with Gasteiger partial charge in [-0.2, -0.15) is 5.10 Å². The molecule has 7 nitrogen and oxygen atoms in total. The lowest BCUT2D eigenvalue weighted by molar-refractivity contribution is -0.0210. The Kier molecular flexibility index (Phi) is 5.69. The minimum absolute atomic E-state index is 0.0728. The number of benzene rings is 3. The summed E-state index contributed by atoms with van der Waals surface area (Å²) in [5, 5.41) is 17.5. The van der Waals surface area contributed by atoms with Gasteiger partial charge in [0.05, 0.1) is 32.6 Å². The van der Waals surface area contributed by atoms with Gasteiger partial charge < -0.3 is 24.1 Å². The number of para-hydroxylation sites is 1.